The maximum atomic E-state index is 11.1. The molecule has 0 saturated heterocycles. The van der Waals surface area contributed by atoms with Crippen LogP contribution >= 0.6 is 0 Å². The first kappa shape index (κ1) is 25.9. The smallest absolute Gasteiger partial charge is 0.323 e. The Labute approximate surface area is 183 Å². The van der Waals surface area contributed by atoms with Gasteiger partial charge in [0.25, 0.3) is 0 Å². The Hall–Kier alpha value is -2.10. The molecule has 4 heteroatoms. The lowest BCUT2D eigenvalue weighted by Crippen LogP contribution is -2.30. The largest absolute Gasteiger partial charge is 0.480 e. The molecule has 0 atom stereocenters. The van der Waals surface area contributed by atoms with Crippen molar-refractivity contribution < 1.29 is 14.7 Å². The number of rotatable bonds is 20. The van der Waals surface area contributed by atoms with Gasteiger partial charge in [-0.3, -0.25) is 4.79 Å². The molecular formula is C26H41NO3. The molecule has 168 valence electrons. The number of carboxylic acids is 1. The zero-order chi connectivity index (χ0) is 21.7. The van der Waals surface area contributed by atoms with Crippen molar-refractivity contribution in [2.75, 3.05) is 18.0 Å². The van der Waals surface area contributed by atoms with Crippen LogP contribution in [0.2, 0.25) is 0 Å². The fourth-order valence-electron chi connectivity index (χ4n) is 3.63. The van der Waals surface area contributed by atoms with E-state index in [-0.39, 0.29) is 6.54 Å². The number of carbonyl (C=O) groups excluding carboxylic acids is 1. The Balaban J connectivity index is 1.95. The molecule has 0 amide bonds. The quantitative estimate of drug-likeness (QED) is 0.145. The number of anilines is 1. The first-order chi connectivity index (χ1) is 14.7. The maximum absolute atomic E-state index is 11.1. The molecule has 1 aromatic rings. The molecule has 30 heavy (non-hydrogen) atoms. The number of hydrogen-bond acceptors (Lipinski definition) is 3. The van der Waals surface area contributed by atoms with Crippen molar-refractivity contribution >= 4 is 17.9 Å². The third-order valence-electron chi connectivity index (χ3n) is 5.36. The average Bonchev–Trinajstić information content (AvgIpc) is 2.75. The van der Waals surface area contributed by atoms with E-state index in [4.69, 9.17) is 5.11 Å². The van der Waals surface area contributed by atoms with E-state index >= 15 is 0 Å². The van der Waals surface area contributed by atoms with Crippen LogP contribution in [-0.2, 0) is 9.59 Å². The second-order valence-electron chi connectivity index (χ2n) is 8.04. The van der Waals surface area contributed by atoms with Crippen molar-refractivity contribution in [1.82, 2.24) is 0 Å². The summed E-state index contributed by atoms with van der Waals surface area (Å²) < 4.78 is 0. The van der Waals surface area contributed by atoms with Crippen LogP contribution in [0.1, 0.15) is 89.9 Å². The van der Waals surface area contributed by atoms with Crippen LogP contribution in [0.4, 0.5) is 5.69 Å². The molecule has 1 aromatic carbocycles. The summed E-state index contributed by atoms with van der Waals surface area (Å²) in [7, 11) is 0. The third kappa shape index (κ3) is 14.8. The van der Waals surface area contributed by atoms with E-state index in [1.54, 1.807) is 0 Å². The number of nitrogens with zero attached hydrogens (tertiary/aromatic N) is 1. The van der Waals surface area contributed by atoms with Crippen LogP contribution < -0.4 is 4.90 Å². The Bertz CT molecular complexity index is 571. The molecule has 0 aliphatic heterocycles. The second kappa shape index (κ2) is 18.9. The van der Waals surface area contributed by atoms with Gasteiger partial charge in [0.1, 0.15) is 12.8 Å². The molecule has 0 aromatic heterocycles. The summed E-state index contributed by atoms with van der Waals surface area (Å²) in [5.74, 6) is -0.776. The first-order valence-corrected chi connectivity index (χ1v) is 11.8. The summed E-state index contributed by atoms with van der Waals surface area (Å²) in [5.41, 5.74) is 0.990. The Morgan fingerprint density at radius 2 is 1.23 bits per heavy atom. The minimum Gasteiger partial charge on any atom is -0.480 e. The normalized spacial score (nSPS) is 11.1. The van der Waals surface area contributed by atoms with Gasteiger partial charge in [0.05, 0.1) is 0 Å². The van der Waals surface area contributed by atoms with Crippen molar-refractivity contribution in [3.8, 4) is 0 Å². The van der Waals surface area contributed by atoms with Crippen molar-refractivity contribution in [2.24, 2.45) is 0 Å². The van der Waals surface area contributed by atoms with Gasteiger partial charge < -0.3 is 14.8 Å². The lowest BCUT2D eigenvalue weighted by atomic mass is 10.1. The predicted octanol–water partition coefficient (Wildman–Crippen LogP) is 6.79. The fourth-order valence-corrected chi connectivity index (χ4v) is 3.63. The molecule has 4 nitrogen and oxygen atoms in total. The van der Waals surface area contributed by atoms with Crippen molar-refractivity contribution in [3.63, 3.8) is 0 Å². The maximum Gasteiger partial charge on any atom is 0.323 e. The number of benzene rings is 1. The SMILES string of the molecule is O=CCCCCCCC/C=C\CCCCCCCCN(CC(=O)O)c1ccccc1. The standard InChI is InChI=1S/C26H41NO3/c28-23-19-14-12-10-8-6-4-2-1-3-5-7-9-11-13-18-22-27(24-26(29)30)25-20-16-15-17-21-25/h1-2,15-17,20-21,23H,3-14,18-19,22,24H2,(H,29,30)/b2-1-. The number of carbonyl (C=O) groups is 2. The summed E-state index contributed by atoms with van der Waals surface area (Å²) in [6, 6.07) is 9.82. The lowest BCUT2D eigenvalue weighted by Gasteiger charge is -2.22. The van der Waals surface area contributed by atoms with E-state index in [9.17, 15) is 9.59 Å². The average molecular weight is 416 g/mol. The van der Waals surface area contributed by atoms with Gasteiger partial charge in [-0.25, -0.2) is 0 Å². The van der Waals surface area contributed by atoms with E-state index in [1.165, 1.54) is 64.2 Å². The van der Waals surface area contributed by atoms with Crippen molar-refractivity contribution in [3.05, 3.63) is 42.5 Å². The number of carboxylic acid groups (broad SMARTS) is 1. The number of unbranched alkanes of at least 4 members (excludes halogenated alkanes) is 12. The van der Waals surface area contributed by atoms with Crippen LogP contribution in [0, 0.1) is 0 Å². The lowest BCUT2D eigenvalue weighted by molar-refractivity contribution is -0.135. The summed E-state index contributed by atoms with van der Waals surface area (Å²) in [4.78, 5) is 23.3. The highest BCUT2D eigenvalue weighted by Crippen LogP contribution is 2.15. The summed E-state index contributed by atoms with van der Waals surface area (Å²) >= 11 is 0. The zero-order valence-electron chi connectivity index (χ0n) is 18.6. The Kier molecular flexibility index (Phi) is 16.3. The summed E-state index contributed by atoms with van der Waals surface area (Å²) in [6.07, 6.45) is 22.0. The monoisotopic (exact) mass is 415 g/mol. The molecule has 0 saturated carbocycles. The highest BCUT2D eigenvalue weighted by atomic mass is 16.4. The first-order valence-electron chi connectivity index (χ1n) is 11.8. The Morgan fingerprint density at radius 3 is 1.77 bits per heavy atom. The molecular weight excluding hydrogens is 374 g/mol. The highest BCUT2D eigenvalue weighted by molar-refractivity contribution is 5.73. The number of aldehydes is 1. The van der Waals surface area contributed by atoms with E-state index in [1.807, 2.05) is 35.2 Å². The van der Waals surface area contributed by atoms with Crippen LogP contribution in [0.25, 0.3) is 0 Å². The van der Waals surface area contributed by atoms with E-state index in [2.05, 4.69) is 12.2 Å². The number of aliphatic carboxylic acids is 1. The molecule has 0 bridgehead atoms. The molecule has 0 heterocycles. The number of hydrogen-bond donors (Lipinski definition) is 1. The molecule has 0 aliphatic rings. The van der Waals surface area contributed by atoms with Gasteiger partial charge in [-0.1, -0.05) is 75.3 Å². The van der Waals surface area contributed by atoms with E-state index < -0.39 is 5.97 Å². The van der Waals surface area contributed by atoms with Gasteiger partial charge in [0.2, 0.25) is 0 Å². The summed E-state index contributed by atoms with van der Waals surface area (Å²) in [6.45, 7) is 0.868. The third-order valence-corrected chi connectivity index (χ3v) is 5.36. The van der Waals surface area contributed by atoms with Gasteiger partial charge in [0.15, 0.2) is 0 Å². The minimum absolute atomic E-state index is 0.0660. The molecule has 0 unspecified atom stereocenters. The van der Waals surface area contributed by atoms with Crippen LogP contribution in [0.5, 0.6) is 0 Å². The van der Waals surface area contributed by atoms with Crippen LogP contribution in [0.3, 0.4) is 0 Å². The highest BCUT2D eigenvalue weighted by Gasteiger charge is 2.09. The number of para-hydroxylation sites is 1. The van der Waals surface area contributed by atoms with Gasteiger partial charge in [0, 0.05) is 18.7 Å². The van der Waals surface area contributed by atoms with Crippen molar-refractivity contribution in [2.45, 2.75) is 89.9 Å². The Morgan fingerprint density at radius 1 is 0.733 bits per heavy atom. The minimum atomic E-state index is -0.776. The topological polar surface area (TPSA) is 57.6 Å². The van der Waals surface area contributed by atoms with Gasteiger partial charge in [-0.05, 0) is 50.7 Å². The molecule has 1 N–H and O–H groups in total. The zero-order valence-corrected chi connectivity index (χ0v) is 18.6. The van der Waals surface area contributed by atoms with Crippen LogP contribution in [0.15, 0.2) is 42.5 Å². The second-order valence-corrected chi connectivity index (χ2v) is 8.04. The van der Waals surface area contributed by atoms with Crippen LogP contribution in [-0.4, -0.2) is 30.5 Å². The van der Waals surface area contributed by atoms with Gasteiger partial charge in [-0.2, -0.15) is 0 Å². The molecule has 1 rings (SSSR count). The van der Waals surface area contributed by atoms with E-state index in [0.29, 0.717) is 0 Å². The van der Waals surface area contributed by atoms with Gasteiger partial charge >= 0.3 is 5.97 Å². The number of allylic oxidation sites excluding steroid dienone is 2. The van der Waals surface area contributed by atoms with E-state index in [0.717, 1.165) is 44.2 Å². The molecule has 0 radical (unpaired) electrons. The predicted molar refractivity (Wildman–Crippen MR) is 126 cm³/mol. The fraction of sp³-hybridized carbons (Fsp3) is 0.615. The molecule has 0 fully saturated rings. The van der Waals surface area contributed by atoms with Gasteiger partial charge in [-0.15, -0.1) is 0 Å². The molecule has 0 spiro atoms. The molecule has 0 aliphatic carbocycles. The summed E-state index contributed by atoms with van der Waals surface area (Å²) in [5, 5.41) is 9.13. The van der Waals surface area contributed by atoms with Crippen molar-refractivity contribution in [1.29, 1.82) is 0 Å².